The summed E-state index contributed by atoms with van der Waals surface area (Å²) in [4.78, 5) is 164. The highest BCUT2D eigenvalue weighted by Gasteiger charge is 2.46. The summed E-state index contributed by atoms with van der Waals surface area (Å²) in [6.07, 6.45) is -0.612. The molecular weight excluding hydrogens is 1020 g/mol. The molecule has 2 saturated heterocycles. The first kappa shape index (κ1) is 66.5. The van der Waals surface area contributed by atoms with Crippen LogP contribution in [0.2, 0.25) is 0 Å². The summed E-state index contributed by atoms with van der Waals surface area (Å²) in [7, 11) is 6.70. The van der Waals surface area contributed by atoms with Crippen LogP contribution in [0.4, 0.5) is 0 Å². The highest BCUT2D eigenvalue weighted by atomic mass is 16.5. The molecule has 11 atom stereocenters. The van der Waals surface area contributed by atoms with E-state index in [9.17, 15) is 63.0 Å². The van der Waals surface area contributed by atoms with Crippen molar-refractivity contribution in [2.45, 2.75) is 176 Å². The molecule has 1 aromatic carbocycles. The number of carbonyl (C=O) groups is 11. The number of hydrogen-bond donors (Lipinski definition) is 5. The quantitative estimate of drug-likeness (QED) is 0.198. The SMILES string of the molecule is CC[C@@H](C)[C@H]1C(=O)NCC(=O)N(C)[C@@H](C(C)C)C(=O)N[C@@H](Cc2ccc(O)cc2)C(=O)O[C@H](C)C(=O)N2CCCC[C@H]2C(=O)N(C)[C@@H](C(C)C)C(=O)N[C@@H](C(C)C)C(=O)N(C)[C@@H](CC(=O)O)C(=O)N(C)[C@@H]([C@@H](C)CC)C(=O)N1C. The molecule has 0 spiro atoms. The molecule has 0 aromatic heterocycles. The number of piperidine rings is 1. The van der Waals surface area contributed by atoms with Crippen molar-refractivity contribution in [3.05, 3.63) is 29.8 Å². The highest BCUT2D eigenvalue weighted by Crippen LogP contribution is 2.26. The van der Waals surface area contributed by atoms with Crippen LogP contribution in [0.5, 0.6) is 5.75 Å². The molecule has 9 amide bonds. The smallest absolute Gasteiger partial charge is 0.329 e. The first-order valence-corrected chi connectivity index (χ1v) is 27.6. The monoisotopic (exact) mass is 1110 g/mol. The Morgan fingerprint density at radius 2 is 1.14 bits per heavy atom. The van der Waals surface area contributed by atoms with Gasteiger partial charge in [0.05, 0.1) is 13.0 Å². The number of likely N-dealkylation sites (N-methyl/N-ethyl adjacent to an activating group) is 5. The normalized spacial score (nSPS) is 26.9. The van der Waals surface area contributed by atoms with Gasteiger partial charge in [-0.15, -0.1) is 0 Å². The second-order valence-electron chi connectivity index (χ2n) is 22.5. The van der Waals surface area contributed by atoms with Crippen molar-refractivity contribution < 1.29 is 67.7 Å². The number of fused-ring (bicyclic) bond motifs is 1. The Morgan fingerprint density at radius 3 is 1.67 bits per heavy atom. The number of esters is 1. The number of cyclic esters (lactones) is 1. The van der Waals surface area contributed by atoms with Crippen molar-refractivity contribution in [2.75, 3.05) is 48.3 Å². The Morgan fingerprint density at radius 1 is 0.620 bits per heavy atom. The molecule has 3 rings (SSSR count). The molecule has 2 heterocycles. The molecule has 23 nitrogen and oxygen atoms in total. The number of nitrogens with zero attached hydrogens (tertiary/aromatic N) is 6. The van der Waals surface area contributed by atoms with Gasteiger partial charge >= 0.3 is 11.9 Å². The van der Waals surface area contributed by atoms with Crippen LogP contribution in [-0.4, -0.2) is 207 Å². The second-order valence-corrected chi connectivity index (χ2v) is 22.5. The summed E-state index contributed by atoms with van der Waals surface area (Å²) in [5.41, 5.74) is 0.490. The molecule has 2 aliphatic rings. The zero-order valence-electron chi connectivity index (χ0n) is 49.2. The first-order valence-electron chi connectivity index (χ1n) is 27.6. The third-order valence-electron chi connectivity index (χ3n) is 15.6. The van der Waals surface area contributed by atoms with Gasteiger partial charge < -0.3 is 60.3 Å². The molecule has 79 heavy (non-hydrogen) atoms. The van der Waals surface area contributed by atoms with Gasteiger partial charge in [-0.2, -0.15) is 0 Å². The van der Waals surface area contributed by atoms with E-state index in [2.05, 4.69) is 16.0 Å². The summed E-state index contributed by atoms with van der Waals surface area (Å²) in [5, 5.41) is 28.3. The topological polar surface area (TPSA) is 293 Å². The average Bonchev–Trinajstić information content (AvgIpc) is 3.41. The highest BCUT2D eigenvalue weighted by molar-refractivity contribution is 5.99. The van der Waals surface area contributed by atoms with Crippen LogP contribution in [0.15, 0.2) is 24.3 Å². The molecule has 1 aromatic rings. The van der Waals surface area contributed by atoms with E-state index in [0.717, 1.165) is 14.7 Å². The van der Waals surface area contributed by atoms with E-state index in [1.807, 2.05) is 0 Å². The number of benzene rings is 1. The van der Waals surface area contributed by atoms with Gasteiger partial charge in [0, 0.05) is 48.2 Å². The van der Waals surface area contributed by atoms with Crippen molar-refractivity contribution >= 4 is 65.1 Å². The Bertz CT molecular complexity index is 2360. The largest absolute Gasteiger partial charge is 0.508 e. The summed E-state index contributed by atoms with van der Waals surface area (Å²) in [5.74, 6) is -12.1. The lowest BCUT2D eigenvalue weighted by molar-refractivity contribution is -0.165. The predicted octanol–water partition coefficient (Wildman–Crippen LogP) is 2.02. The number of carbonyl (C=O) groups excluding carboxylic acids is 10. The molecule has 2 fully saturated rings. The predicted molar refractivity (Wildman–Crippen MR) is 292 cm³/mol. The summed E-state index contributed by atoms with van der Waals surface area (Å²) < 4.78 is 5.80. The van der Waals surface area contributed by atoms with Crippen LogP contribution in [0.1, 0.15) is 120 Å². The van der Waals surface area contributed by atoms with Crippen molar-refractivity contribution in [3.63, 3.8) is 0 Å². The molecular formula is C56H89N9O14. The van der Waals surface area contributed by atoms with Crippen LogP contribution in [0.25, 0.3) is 0 Å². The standard InChI is InChI=1S/C56H89N9O14/c1-17-33(9)46-48(70)57-29-41(67)61(13)44(31(5)6)49(71)58-38(27-36-22-24-37(66)25-23-36)56(78)79-35(11)51(73)65-26-20-19-21-39(65)52(74)62(14)45(32(7)8)50(72)59-43(30(3)4)54(76)60(12)40(28-42(68)69)53(75)64(16)47(34(10)18-2)55(77)63(46)15/h22-25,30-35,38-40,43-47,66H,17-21,26-29H2,1-16H3,(H,57,70)(H,58,71)(H,59,72)(H,68,69)/t33-,34+,35-,38+,39+,40+,43+,44+,45+,46+,47+/m1/s1. The minimum absolute atomic E-state index is 0.0571. The maximum atomic E-state index is 14.9. The van der Waals surface area contributed by atoms with Gasteiger partial charge in [0.15, 0.2) is 6.10 Å². The van der Waals surface area contributed by atoms with Gasteiger partial charge in [-0.25, -0.2) is 4.79 Å². The number of carboxylic acid groups (broad SMARTS) is 1. The molecule has 0 radical (unpaired) electrons. The lowest BCUT2D eigenvalue weighted by Gasteiger charge is -2.41. The number of rotatable bonds is 11. The number of nitrogens with one attached hydrogen (secondary N) is 3. The summed E-state index contributed by atoms with van der Waals surface area (Å²) in [6.45, 7) is 17.8. The Hall–Kier alpha value is -6.81. The maximum absolute atomic E-state index is 14.9. The van der Waals surface area contributed by atoms with E-state index < -0.39 is 162 Å². The number of carboxylic acids is 1. The van der Waals surface area contributed by atoms with Gasteiger partial charge in [0.2, 0.25) is 47.3 Å². The van der Waals surface area contributed by atoms with Crippen LogP contribution in [0, 0.1) is 29.6 Å². The molecule has 5 N–H and O–H groups in total. The molecule has 0 unspecified atom stereocenters. The second kappa shape index (κ2) is 29.4. The number of phenols is 1. The van der Waals surface area contributed by atoms with Gasteiger partial charge in [0.1, 0.15) is 54.1 Å². The lowest BCUT2D eigenvalue weighted by Crippen LogP contribution is -2.63. The molecule has 0 saturated carbocycles. The fourth-order valence-electron chi connectivity index (χ4n) is 10.5. The molecule has 0 bridgehead atoms. The van der Waals surface area contributed by atoms with E-state index in [4.69, 9.17) is 4.74 Å². The fraction of sp³-hybridized carbons (Fsp3) is 0.696. The Kier molecular flexibility index (Phi) is 24.8. The zero-order chi connectivity index (χ0) is 60.1. The van der Waals surface area contributed by atoms with Crippen molar-refractivity contribution in [1.82, 2.24) is 45.3 Å². The molecule has 0 aliphatic carbocycles. The number of phenolic OH excluding ortho intramolecular Hbond substituents is 1. The maximum Gasteiger partial charge on any atom is 0.329 e. The van der Waals surface area contributed by atoms with E-state index in [1.165, 1.54) is 81.1 Å². The minimum Gasteiger partial charge on any atom is -0.508 e. The van der Waals surface area contributed by atoms with Crippen LogP contribution in [0.3, 0.4) is 0 Å². The van der Waals surface area contributed by atoms with E-state index in [-0.39, 0.29) is 25.1 Å². The van der Waals surface area contributed by atoms with Crippen molar-refractivity contribution in [2.24, 2.45) is 29.6 Å². The first-order chi connectivity index (χ1) is 36.8. The minimum atomic E-state index is -1.70. The molecule has 442 valence electrons. The number of ether oxygens (including phenoxy) is 1. The summed E-state index contributed by atoms with van der Waals surface area (Å²) >= 11 is 0. The van der Waals surface area contributed by atoms with E-state index >= 15 is 0 Å². The number of amides is 9. The third-order valence-corrected chi connectivity index (χ3v) is 15.6. The van der Waals surface area contributed by atoms with Gasteiger partial charge in [-0.1, -0.05) is 94.2 Å². The Labute approximate surface area is 465 Å². The van der Waals surface area contributed by atoms with Gasteiger partial charge in [0.25, 0.3) is 5.91 Å². The zero-order valence-corrected chi connectivity index (χ0v) is 49.2. The van der Waals surface area contributed by atoms with Crippen molar-refractivity contribution in [3.8, 4) is 5.75 Å². The fourth-order valence-corrected chi connectivity index (χ4v) is 10.5. The summed E-state index contributed by atoms with van der Waals surface area (Å²) in [6, 6.07) is -4.74. The van der Waals surface area contributed by atoms with Crippen LogP contribution in [-0.2, 0) is 63.9 Å². The van der Waals surface area contributed by atoms with Crippen LogP contribution < -0.4 is 16.0 Å². The van der Waals surface area contributed by atoms with E-state index in [0.29, 0.717) is 31.2 Å². The third kappa shape index (κ3) is 16.6. The number of aromatic hydroxyl groups is 1. The number of aliphatic carboxylic acids is 1. The average molecular weight is 1110 g/mol. The molecule has 2 aliphatic heterocycles. The Balaban J connectivity index is 2.27. The van der Waals surface area contributed by atoms with Gasteiger partial charge in [-0.3, -0.25) is 47.9 Å². The molecule has 23 heteroatoms. The lowest BCUT2D eigenvalue weighted by atomic mass is 9.92. The van der Waals surface area contributed by atoms with E-state index in [1.54, 1.807) is 69.2 Å². The van der Waals surface area contributed by atoms with Gasteiger partial charge in [-0.05, 0) is 73.5 Å². The number of hydrogen-bond acceptors (Lipinski definition) is 13. The van der Waals surface area contributed by atoms with Crippen molar-refractivity contribution in [1.29, 1.82) is 0 Å². The van der Waals surface area contributed by atoms with Crippen LogP contribution >= 0.6 is 0 Å².